The van der Waals surface area contributed by atoms with Gasteiger partial charge in [-0.3, -0.25) is 0 Å². The van der Waals surface area contributed by atoms with Crippen molar-refractivity contribution in [1.82, 2.24) is 0 Å². The predicted octanol–water partition coefficient (Wildman–Crippen LogP) is 1.48. The summed E-state index contributed by atoms with van der Waals surface area (Å²) in [5.74, 6) is 0. The fourth-order valence-electron chi connectivity index (χ4n) is 1.64. The van der Waals surface area contributed by atoms with E-state index < -0.39 is 21.4 Å². The van der Waals surface area contributed by atoms with Crippen molar-refractivity contribution in [1.29, 1.82) is 0 Å². The molecule has 1 aromatic carbocycles. The van der Waals surface area contributed by atoms with Crippen LogP contribution in [0.15, 0.2) is 34.7 Å². The highest BCUT2D eigenvalue weighted by molar-refractivity contribution is 7.90. The summed E-state index contributed by atoms with van der Waals surface area (Å²) < 4.78 is 37.2. The highest BCUT2D eigenvalue weighted by Crippen LogP contribution is 2.30. The van der Waals surface area contributed by atoms with E-state index in [1.807, 2.05) is 30.3 Å². The van der Waals surface area contributed by atoms with Crippen LogP contribution in [0.2, 0.25) is 0 Å². The zero-order chi connectivity index (χ0) is 12.5. The first kappa shape index (κ1) is 11.9. The molecular weight excluding hydrogens is 242 g/mol. The van der Waals surface area contributed by atoms with Gasteiger partial charge in [0, 0.05) is 0 Å². The molecule has 1 aliphatic rings. The second-order valence-electron chi connectivity index (χ2n) is 3.73. The van der Waals surface area contributed by atoms with E-state index in [0.717, 1.165) is 5.56 Å². The summed E-state index contributed by atoms with van der Waals surface area (Å²) in [6.07, 6.45) is -0.800. The van der Waals surface area contributed by atoms with Crippen molar-refractivity contribution < 1.29 is 17.9 Å². The molecule has 0 radical (unpaired) electrons. The summed E-state index contributed by atoms with van der Waals surface area (Å²) in [6.45, 7) is 1.57. The number of methoxy groups -OCH3 is 1. The van der Waals surface area contributed by atoms with Crippen molar-refractivity contribution in [2.24, 2.45) is 4.40 Å². The molecule has 0 spiro atoms. The largest absolute Gasteiger partial charge is 0.453 e. The van der Waals surface area contributed by atoms with E-state index in [1.54, 1.807) is 6.92 Å². The Morgan fingerprint density at radius 3 is 2.53 bits per heavy atom. The van der Waals surface area contributed by atoms with Crippen LogP contribution in [0.3, 0.4) is 0 Å². The van der Waals surface area contributed by atoms with Crippen LogP contribution in [0.25, 0.3) is 0 Å². The first-order chi connectivity index (χ1) is 8.04. The Hall–Kier alpha value is -1.56. The molecule has 5 nitrogen and oxygen atoms in total. The van der Waals surface area contributed by atoms with Crippen molar-refractivity contribution in [3.8, 4) is 0 Å². The Morgan fingerprint density at radius 1 is 1.29 bits per heavy atom. The molecule has 2 atom stereocenters. The third-order valence-electron chi connectivity index (χ3n) is 2.63. The Bertz CT molecular complexity index is 524. The minimum Gasteiger partial charge on any atom is -0.453 e. The Balaban J connectivity index is 2.41. The average molecular weight is 255 g/mol. The quantitative estimate of drug-likeness (QED) is 0.762. The van der Waals surface area contributed by atoms with E-state index in [-0.39, 0.29) is 6.08 Å². The zero-order valence-corrected chi connectivity index (χ0v) is 10.3. The number of sulfonamides is 1. The lowest BCUT2D eigenvalue weighted by Gasteiger charge is -2.27. The topological polar surface area (TPSA) is 65.0 Å². The maximum atomic E-state index is 11.8. The van der Waals surface area contributed by atoms with Crippen LogP contribution in [0.5, 0.6) is 0 Å². The second kappa shape index (κ2) is 4.37. The van der Waals surface area contributed by atoms with Gasteiger partial charge in [0.2, 0.25) is 0 Å². The monoisotopic (exact) mass is 255 g/mol. The number of rotatable bonds is 1. The first-order valence-electron chi connectivity index (χ1n) is 5.14. The second-order valence-corrected chi connectivity index (χ2v) is 5.69. The van der Waals surface area contributed by atoms with Crippen LogP contribution in [-0.2, 0) is 19.5 Å². The SMILES string of the molecule is COC1=NS(=O)(=O)[C@H](C)[C@@H](c2ccccc2)O1. The van der Waals surface area contributed by atoms with E-state index in [0.29, 0.717) is 0 Å². The molecule has 1 heterocycles. The van der Waals surface area contributed by atoms with Crippen molar-refractivity contribution >= 4 is 16.1 Å². The molecule has 0 fully saturated rings. The molecule has 0 saturated carbocycles. The van der Waals surface area contributed by atoms with E-state index in [1.165, 1.54) is 7.11 Å². The molecule has 0 saturated heterocycles. The van der Waals surface area contributed by atoms with Crippen LogP contribution in [0.1, 0.15) is 18.6 Å². The molecule has 6 heteroatoms. The normalized spacial score (nSPS) is 26.8. The van der Waals surface area contributed by atoms with Crippen LogP contribution in [0.4, 0.5) is 0 Å². The molecule has 0 amide bonds. The standard InChI is InChI=1S/C11H13NO4S/c1-8-10(9-6-4-3-5-7-9)16-11(15-2)12-17(8,13)14/h3-8,10H,1-2H3/t8-,10+/m1/s1. The summed E-state index contributed by atoms with van der Waals surface area (Å²) in [7, 11) is -2.26. The lowest BCUT2D eigenvalue weighted by atomic mass is 10.1. The predicted molar refractivity (Wildman–Crippen MR) is 63.1 cm³/mol. The lowest BCUT2D eigenvalue weighted by molar-refractivity contribution is 0.120. The van der Waals surface area contributed by atoms with Gasteiger partial charge >= 0.3 is 6.08 Å². The van der Waals surface area contributed by atoms with E-state index in [9.17, 15) is 8.42 Å². The zero-order valence-electron chi connectivity index (χ0n) is 9.53. The average Bonchev–Trinajstić information content (AvgIpc) is 2.33. The molecule has 17 heavy (non-hydrogen) atoms. The Morgan fingerprint density at radius 2 is 1.94 bits per heavy atom. The third kappa shape index (κ3) is 2.26. The number of benzene rings is 1. The van der Waals surface area contributed by atoms with Gasteiger partial charge in [0.05, 0.1) is 7.11 Å². The van der Waals surface area contributed by atoms with E-state index in [4.69, 9.17) is 9.47 Å². The summed E-state index contributed by atoms with van der Waals surface area (Å²) in [6, 6.07) is 9.15. The van der Waals surface area contributed by atoms with Crippen molar-refractivity contribution in [3.63, 3.8) is 0 Å². The van der Waals surface area contributed by atoms with Crippen LogP contribution >= 0.6 is 0 Å². The molecule has 0 aliphatic carbocycles. The minimum atomic E-state index is -3.58. The van der Waals surface area contributed by atoms with E-state index >= 15 is 0 Å². The minimum absolute atomic E-state index is 0.211. The number of hydrogen-bond donors (Lipinski definition) is 0. The van der Waals surface area contributed by atoms with Gasteiger partial charge in [-0.2, -0.15) is 0 Å². The molecule has 1 aliphatic heterocycles. The molecule has 0 unspecified atom stereocenters. The summed E-state index contributed by atoms with van der Waals surface area (Å²) in [5, 5.41) is -0.733. The maximum absolute atomic E-state index is 11.8. The first-order valence-corrected chi connectivity index (χ1v) is 6.64. The summed E-state index contributed by atoms with van der Waals surface area (Å²) in [5.41, 5.74) is 0.785. The molecule has 0 bridgehead atoms. The fourth-order valence-corrected chi connectivity index (χ4v) is 2.65. The highest BCUT2D eigenvalue weighted by atomic mass is 32.2. The molecule has 92 valence electrons. The smallest absolute Gasteiger partial charge is 0.399 e. The molecule has 0 N–H and O–H groups in total. The number of hydrogen-bond acceptors (Lipinski definition) is 4. The maximum Gasteiger partial charge on any atom is 0.399 e. The molecule has 1 aromatic rings. The third-order valence-corrected chi connectivity index (χ3v) is 4.22. The van der Waals surface area contributed by atoms with Gasteiger partial charge in [0.15, 0.2) is 0 Å². The van der Waals surface area contributed by atoms with Gasteiger partial charge in [-0.05, 0) is 12.5 Å². The van der Waals surface area contributed by atoms with Crippen molar-refractivity contribution in [3.05, 3.63) is 35.9 Å². The van der Waals surface area contributed by atoms with Crippen LogP contribution < -0.4 is 0 Å². The Labute approximate surface area is 100 Å². The Kier molecular flexibility index (Phi) is 3.06. The molecule has 0 aromatic heterocycles. The van der Waals surface area contributed by atoms with Crippen molar-refractivity contribution in [2.75, 3.05) is 7.11 Å². The highest BCUT2D eigenvalue weighted by Gasteiger charge is 2.38. The van der Waals surface area contributed by atoms with Crippen LogP contribution in [0, 0.1) is 0 Å². The molecular formula is C11H13NO4S. The van der Waals surface area contributed by atoms with Gasteiger partial charge in [0.25, 0.3) is 10.0 Å². The summed E-state index contributed by atoms with van der Waals surface area (Å²) in [4.78, 5) is 0. The molecule has 2 rings (SSSR count). The van der Waals surface area contributed by atoms with Gasteiger partial charge in [-0.25, -0.2) is 8.42 Å². The van der Waals surface area contributed by atoms with Crippen molar-refractivity contribution in [2.45, 2.75) is 18.3 Å². The fraction of sp³-hybridized carbons (Fsp3) is 0.364. The van der Waals surface area contributed by atoms with Gasteiger partial charge in [-0.15, -0.1) is 0 Å². The van der Waals surface area contributed by atoms with E-state index in [2.05, 4.69) is 4.40 Å². The number of nitrogens with zero attached hydrogens (tertiary/aromatic N) is 1. The summed E-state index contributed by atoms with van der Waals surface area (Å²) >= 11 is 0. The lowest BCUT2D eigenvalue weighted by Crippen LogP contribution is -2.34. The van der Waals surface area contributed by atoms with Gasteiger partial charge in [-0.1, -0.05) is 34.7 Å². The van der Waals surface area contributed by atoms with Crippen LogP contribution in [-0.4, -0.2) is 26.9 Å². The number of ether oxygens (including phenoxy) is 2. The van der Waals surface area contributed by atoms with Gasteiger partial charge in [0.1, 0.15) is 11.4 Å². The van der Waals surface area contributed by atoms with Gasteiger partial charge < -0.3 is 9.47 Å².